The van der Waals surface area contributed by atoms with Gasteiger partial charge in [0.1, 0.15) is 0 Å². The van der Waals surface area contributed by atoms with Gasteiger partial charge in [-0.3, -0.25) is 4.98 Å². The van der Waals surface area contributed by atoms with E-state index >= 15 is 0 Å². The normalized spacial score (nSPS) is 18.5. The highest BCUT2D eigenvalue weighted by Crippen LogP contribution is 2.36. The summed E-state index contributed by atoms with van der Waals surface area (Å²) in [7, 11) is 0. The van der Waals surface area contributed by atoms with E-state index in [4.69, 9.17) is 17.3 Å². The zero-order valence-electron chi connectivity index (χ0n) is 8.53. The Kier molecular flexibility index (Phi) is 4.84. The van der Waals surface area contributed by atoms with Gasteiger partial charge in [-0.05, 0) is 30.4 Å². The van der Waals surface area contributed by atoms with Crippen molar-refractivity contribution in [2.75, 3.05) is 0 Å². The van der Waals surface area contributed by atoms with Crippen LogP contribution in [0.15, 0.2) is 18.5 Å². The van der Waals surface area contributed by atoms with E-state index in [1.807, 2.05) is 6.07 Å². The molecule has 15 heavy (non-hydrogen) atoms. The first-order chi connectivity index (χ1) is 6.79. The molecule has 4 heteroatoms. The van der Waals surface area contributed by atoms with Gasteiger partial charge >= 0.3 is 0 Å². The Bertz CT molecular complexity index is 311. The molecule has 1 aliphatic carbocycles. The Morgan fingerprint density at radius 2 is 2.07 bits per heavy atom. The minimum atomic E-state index is 0. The van der Waals surface area contributed by atoms with E-state index in [9.17, 15) is 0 Å². The molecule has 0 radical (unpaired) electrons. The van der Waals surface area contributed by atoms with Crippen molar-refractivity contribution >= 4 is 24.0 Å². The average molecular weight is 247 g/mol. The molecule has 2 nitrogen and oxygen atoms in total. The Morgan fingerprint density at radius 3 is 2.67 bits per heavy atom. The first kappa shape index (κ1) is 12.8. The van der Waals surface area contributed by atoms with Crippen molar-refractivity contribution in [3.8, 4) is 0 Å². The molecule has 0 aliphatic heterocycles. The summed E-state index contributed by atoms with van der Waals surface area (Å²) in [5.74, 6) is 0.606. The largest absolute Gasteiger partial charge is 0.324 e. The van der Waals surface area contributed by atoms with Crippen LogP contribution >= 0.6 is 24.0 Å². The highest BCUT2D eigenvalue weighted by atomic mass is 35.5. The lowest BCUT2D eigenvalue weighted by molar-refractivity contribution is 0.445. The minimum absolute atomic E-state index is 0. The van der Waals surface area contributed by atoms with E-state index in [1.165, 1.54) is 25.7 Å². The molecule has 1 aromatic rings. The summed E-state index contributed by atoms with van der Waals surface area (Å²) in [5, 5.41) is 0.701. The van der Waals surface area contributed by atoms with Crippen LogP contribution in [0.3, 0.4) is 0 Å². The summed E-state index contributed by atoms with van der Waals surface area (Å²) < 4.78 is 0. The molecule has 1 heterocycles. The molecule has 0 amide bonds. The van der Waals surface area contributed by atoms with Gasteiger partial charge in [-0.15, -0.1) is 12.4 Å². The Hall–Kier alpha value is -0.310. The quantitative estimate of drug-likeness (QED) is 0.870. The summed E-state index contributed by atoms with van der Waals surface area (Å²) in [6, 6.07) is 2.03. The summed E-state index contributed by atoms with van der Waals surface area (Å²) in [6.45, 7) is 0. The molecule has 2 rings (SSSR count). The van der Waals surface area contributed by atoms with Crippen LogP contribution in [-0.2, 0) is 0 Å². The van der Waals surface area contributed by atoms with Crippen LogP contribution in [0.4, 0.5) is 0 Å². The molecule has 0 spiro atoms. The van der Waals surface area contributed by atoms with Crippen LogP contribution in [0, 0.1) is 5.92 Å². The van der Waals surface area contributed by atoms with E-state index in [0.717, 1.165) is 5.56 Å². The van der Waals surface area contributed by atoms with E-state index in [2.05, 4.69) is 4.98 Å². The summed E-state index contributed by atoms with van der Waals surface area (Å²) >= 11 is 6.06. The maximum atomic E-state index is 6.19. The predicted molar refractivity (Wildman–Crippen MR) is 65.4 cm³/mol. The average Bonchev–Trinajstić information content (AvgIpc) is 2.70. The summed E-state index contributed by atoms with van der Waals surface area (Å²) in [4.78, 5) is 3.97. The molecule has 0 unspecified atom stereocenters. The highest BCUT2D eigenvalue weighted by Gasteiger charge is 2.24. The number of aromatic nitrogens is 1. The van der Waals surface area contributed by atoms with E-state index < -0.39 is 0 Å². The number of nitrogens with zero attached hydrogens (tertiary/aromatic N) is 1. The Balaban J connectivity index is 0.00000112. The molecule has 0 aromatic carbocycles. The number of halogens is 2. The minimum Gasteiger partial charge on any atom is -0.324 e. The van der Waals surface area contributed by atoms with Crippen molar-refractivity contribution < 1.29 is 0 Å². The summed E-state index contributed by atoms with van der Waals surface area (Å²) in [5.41, 5.74) is 7.24. The first-order valence-electron chi connectivity index (χ1n) is 5.14. The number of rotatable bonds is 2. The van der Waals surface area contributed by atoms with Gasteiger partial charge in [-0.2, -0.15) is 0 Å². The lowest BCUT2D eigenvalue weighted by Gasteiger charge is -2.19. The maximum absolute atomic E-state index is 6.19. The molecule has 1 aromatic heterocycles. The molecular formula is C11H16Cl2N2. The molecule has 1 fully saturated rings. The van der Waals surface area contributed by atoms with Crippen LogP contribution < -0.4 is 5.73 Å². The third-order valence-corrected chi connectivity index (χ3v) is 3.39. The SMILES string of the molecule is Cl.N[C@@H](c1ccncc1Cl)C1CCCC1. The molecular weight excluding hydrogens is 231 g/mol. The molecule has 1 saturated carbocycles. The molecule has 1 atom stereocenters. The molecule has 0 bridgehead atoms. The second-order valence-electron chi connectivity index (χ2n) is 3.97. The van der Waals surface area contributed by atoms with Gasteiger partial charge in [-0.1, -0.05) is 24.4 Å². The third kappa shape index (κ3) is 2.83. The maximum Gasteiger partial charge on any atom is 0.0637 e. The molecule has 1 aliphatic rings. The van der Waals surface area contributed by atoms with Crippen LogP contribution in [0.1, 0.15) is 37.3 Å². The van der Waals surface area contributed by atoms with Crippen molar-refractivity contribution in [1.82, 2.24) is 4.98 Å². The lowest BCUT2D eigenvalue weighted by atomic mass is 9.93. The Labute approximate surface area is 102 Å². The predicted octanol–water partition coefficient (Wildman–Crippen LogP) is 3.35. The monoisotopic (exact) mass is 246 g/mol. The van der Waals surface area contributed by atoms with E-state index in [0.29, 0.717) is 10.9 Å². The fourth-order valence-corrected chi connectivity index (χ4v) is 2.47. The molecule has 0 saturated heterocycles. The van der Waals surface area contributed by atoms with Crippen molar-refractivity contribution in [2.45, 2.75) is 31.7 Å². The van der Waals surface area contributed by atoms with Gasteiger partial charge in [0.05, 0.1) is 5.02 Å². The fraction of sp³-hybridized carbons (Fsp3) is 0.545. The van der Waals surface area contributed by atoms with Gasteiger partial charge in [0.2, 0.25) is 0 Å². The van der Waals surface area contributed by atoms with Crippen molar-refractivity contribution in [3.63, 3.8) is 0 Å². The van der Waals surface area contributed by atoms with Crippen LogP contribution in [0.2, 0.25) is 5.02 Å². The zero-order chi connectivity index (χ0) is 9.97. The first-order valence-corrected chi connectivity index (χ1v) is 5.52. The van der Waals surface area contributed by atoms with E-state index in [1.54, 1.807) is 12.4 Å². The van der Waals surface area contributed by atoms with Crippen molar-refractivity contribution in [2.24, 2.45) is 11.7 Å². The summed E-state index contributed by atoms with van der Waals surface area (Å²) in [6.07, 6.45) is 8.52. The number of hydrogen-bond acceptors (Lipinski definition) is 2. The van der Waals surface area contributed by atoms with E-state index in [-0.39, 0.29) is 18.4 Å². The smallest absolute Gasteiger partial charge is 0.0637 e. The van der Waals surface area contributed by atoms with Gasteiger partial charge in [0.25, 0.3) is 0 Å². The topological polar surface area (TPSA) is 38.9 Å². The number of pyridine rings is 1. The Morgan fingerprint density at radius 1 is 1.40 bits per heavy atom. The second kappa shape index (κ2) is 5.69. The van der Waals surface area contributed by atoms with Gasteiger partial charge in [0, 0.05) is 18.4 Å². The highest BCUT2D eigenvalue weighted by molar-refractivity contribution is 6.31. The lowest BCUT2D eigenvalue weighted by Crippen LogP contribution is -2.19. The van der Waals surface area contributed by atoms with Crippen LogP contribution in [0.25, 0.3) is 0 Å². The third-order valence-electron chi connectivity index (χ3n) is 3.07. The van der Waals surface area contributed by atoms with Crippen LogP contribution in [0.5, 0.6) is 0 Å². The van der Waals surface area contributed by atoms with Gasteiger partial charge < -0.3 is 5.73 Å². The molecule has 84 valence electrons. The zero-order valence-corrected chi connectivity index (χ0v) is 10.1. The molecule has 2 N–H and O–H groups in total. The number of hydrogen-bond donors (Lipinski definition) is 1. The van der Waals surface area contributed by atoms with Crippen molar-refractivity contribution in [3.05, 3.63) is 29.0 Å². The van der Waals surface area contributed by atoms with Crippen molar-refractivity contribution in [1.29, 1.82) is 0 Å². The van der Waals surface area contributed by atoms with Crippen LogP contribution in [-0.4, -0.2) is 4.98 Å². The number of nitrogens with two attached hydrogens (primary N) is 1. The van der Waals surface area contributed by atoms with Gasteiger partial charge in [0.15, 0.2) is 0 Å². The second-order valence-corrected chi connectivity index (χ2v) is 4.37. The fourth-order valence-electron chi connectivity index (χ4n) is 2.23. The van der Waals surface area contributed by atoms with Gasteiger partial charge in [-0.25, -0.2) is 0 Å². The standard InChI is InChI=1S/C11H15ClN2.ClH/c12-10-7-14-6-5-9(10)11(13)8-3-1-2-4-8;/h5-8,11H,1-4,13H2;1H/t11-;/m1./s1.